The second-order valence-corrected chi connectivity index (χ2v) is 4.35. The molecule has 4 nitrogen and oxygen atoms in total. The van der Waals surface area contributed by atoms with Gasteiger partial charge in [0.15, 0.2) is 5.16 Å². The molecule has 0 radical (unpaired) electrons. The lowest BCUT2D eigenvalue weighted by Crippen LogP contribution is -2.16. The molecule has 0 saturated carbocycles. The molecule has 1 heterocycles. The number of aromatic nitrogens is 3. The van der Waals surface area contributed by atoms with Crippen LogP contribution in [0.3, 0.4) is 0 Å². The Hall–Kier alpha value is -0.810. The van der Waals surface area contributed by atoms with Crippen molar-refractivity contribution in [2.24, 2.45) is 7.05 Å². The lowest BCUT2D eigenvalue weighted by Gasteiger charge is -2.05. The van der Waals surface area contributed by atoms with E-state index in [1.165, 1.54) is 5.57 Å². The maximum absolute atomic E-state index is 4.08. The minimum atomic E-state index is 0.875. The Morgan fingerprint density at radius 2 is 2.27 bits per heavy atom. The van der Waals surface area contributed by atoms with Crippen molar-refractivity contribution in [3.8, 4) is 0 Å². The number of hydrogen-bond acceptors (Lipinski definition) is 4. The van der Waals surface area contributed by atoms with Crippen LogP contribution in [0.1, 0.15) is 12.7 Å². The van der Waals surface area contributed by atoms with Crippen LogP contribution in [-0.4, -0.2) is 33.6 Å². The molecular formula is C10H18N4S. The minimum absolute atomic E-state index is 0.875. The van der Waals surface area contributed by atoms with Gasteiger partial charge in [-0.25, -0.2) is 0 Å². The molecule has 0 fully saturated rings. The minimum Gasteiger partial charge on any atom is -0.313 e. The third-order valence-electron chi connectivity index (χ3n) is 2.08. The molecule has 84 valence electrons. The fourth-order valence-electron chi connectivity index (χ4n) is 1.03. The van der Waals surface area contributed by atoms with Gasteiger partial charge in [0, 0.05) is 19.3 Å². The molecule has 1 rings (SSSR count). The maximum Gasteiger partial charge on any atom is 0.191 e. The van der Waals surface area contributed by atoms with Crippen LogP contribution in [0.25, 0.3) is 0 Å². The predicted octanol–water partition coefficient (Wildman–Crippen LogP) is 1.38. The summed E-state index contributed by atoms with van der Waals surface area (Å²) >= 11 is 1.68. The molecule has 0 aromatic carbocycles. The van der Waals surface area contributed by atoms with E-state index in [1.54, 1.807) is 11.8 Å². The molecule has 5 heteroatoms. The molecule has 0 spiro atoms. The van der Waals surface area contributed by atoms with Gasteiger partial charge in [0.2, 0.25) is 0 Å². The van der Waals surface area contributed by atoms with E-state index >= 15 is 0 Å². The maximum atomic E-state index is 4.08. The fourth-order valence-corrected chi connectivity index (χ4v) is 1.89. The van der Waals surface area contributed by atoms with E-state index in [9.17, 15) is 0 Å². The van der Waals surface area contributed by atoms with Gasteiger partial charge in [-0.3, -0.25) is 0 Å². The summed E-state index contributed by atoms with van der Waals surface area (Å²) in [7, 11) is 1.98. The Kier molecular flexibility index (Phi) is 4.84. The zero-order valence-electron chi connectivity index (χ0n) is 9.58. The van der Waals surface area contributed by atoms with Crippen LogP contribution in [0.4, 0.5) is 0 Å². The topological polar surface area (TPSA) is 42.7 Å². The molecule has 0 amide bonds. The highest BCUT2D eigenvalue weighted by atomic mass is 32.2. The van der Waals surface area contributed by atoms with Gasteiger partial charge in [-0.05, 0) is 13.5 Å². The fraction of sp³-hybridized carbons (Fsp3) is 0.600. The Balaban J connectivity index is 2.37. The van der Waals surface area contributed by atoms with E-state index in [2.05, 4.69) is 29.0 Å². The zero-order chi connectivity index (χ0) is 11.3. The highest BCUT2D eigenvalue weighted by Gasteiger charge is 2.05. The van der Waals surface area contributed by atoms with Crippen molar-refractivity contribution >= 4 is 11.8 Å². The Bertz CT molecular complexity index is 332. The second kappa shape index (κ2) is 5.92. The lowest BCUT2D eigenvalue weighted by molar-refractivity contribution is 0.763. The number of thioether (sulfide) groups is 1. The molecular weight excluding hydrogens is 208 g/mol. The van der Waals surface area contributed by atoms with Gasteiger partial charge in [-0.1, -0.05) is 30.8 Å². The van der Waals surface area contributed by atoms with E-state index in [1.807, 2.05) is 18.5 Å². The first-order chi connectivity index (χ1) is 7.15. The Morgan fingerprint density at radius 3 is 2.80 bits per heavy atom. The standard InChI is InChI=1S/C10H18N4S/c1-5-11-6-8(2)7-15-10-13-12-9(3)14(10)4/h11H,2,5-7H2,1,3-4H3. The summed E-state index contributed by atoms with van der Waals surface area (Å²) < 4.78 is 1.99. The number of likely N-dealkylation sites (N-methyl/N-ethyl adjacent to an activating group) is 1. The molecule has 0 aliphatic heterocycles. The quantitative estimate of drug-likeness (QED) is 0.588. The van der Waals surface area contributed by atoms with Crippen molar-refractivity contribution in [3.63, 3.8) is 0 Å². The largest absolute Gasteiger partial charge is 0.313 e. The van der Waals surface area contributed by atoms with Crippen molar-refractivity contribution in [2.45, 2.75) is 19.0 Å². The van der Waals surface area contributed by atoms with E-state index in [0.29, 0.717) is 0 Å². The summed E-state index contributed by atoms with van der Waals surface area (Å²) in [6, 6.07) is 0. The average Bonchev–Trinajstić information content (AvgIpc) is 2.54. The highest BCUT2D eigenvalue weighted by molar-refractivity contribution is 7.99. The highest BCUT2D eigenvalue weighted by Crippen LogP contribution is 2.17. The molecule has 0 aliphatic carbocycles. The smallest absolute Gasteiger partial charge is 0.191 e. The molecule has 1 aromatic rings. The van der Waals surface area contributed by atoms with Gasteiger partial charge in [0.05, 0.1) is 0 Å². The van der Waals surface area contributed by atoms with Crippen LogP contribution in [-0.2, 0) is 7.05 Å². The number of rotatable bonds is 6. The second-order valence-electron chi connectivity index (χ2n) is 3.41. The molecule has 0 atom stereocenters. The first kappa shape index (κ1) is 12.3. The normalized spacial score (nSPS) is 10.6. The summed E-state index contributed by atoms with van der Waals surface area (Å²) in [4.78, 5) is 0. The van der Waals surface area contributed by atoms with E-state index in [-0.39, 0.29) is 0 Å². The van der Waals surface area contributed by atoms with Crippen LogP contribution in [0.5, 0.6) is 0 Å². The zero-order valence-corrected chi connectivity index (χ0v) is 10.4. The van der Waals surface area contributed by atoms with Gasteiger partial charge < -0.3 is 9.88 Å². The van der Waals surface area contributed by atoms with Gasteiger partial charge in [0.1, 0.15) is 5.82 Å². The van der Waals surface area contributed by atoms with Crippen LogP contribution in [0, 0.1) is 6.92 Å². The molecule has 0 unspecified atom stereocenters. The average molecular weight is 226 g/mol. The summed E-state index contributed by atoms with van der Waals surface area (Å²) in [5, 5.41) is 12.3. The number of hydrogen-bond donors (Lipinski definition) is 1. The predicted molar refractivity (Wildman–Crippen MR) is 64.1 cm³/mol. The lowest BCUT2D eigenvalue weighted by atomic mass is 10.3. The molecule has 0 bridgehead atoms. The number of nitrogens with zero attached hydrogens (tertiary/aromatic N) is 3. The number of aryl methyl sites for hydroxylation is 1. The van der Waals surface area contributed by atoms with Gasteiger partial charge in [0.25, 0.3) is 0 Å². The number of nitrogens with one attached hydrogen (secondary N) is 1. The van der Waals surface area contributed by atoms with Crippen LogP contribution < -0.4 is 5.32 Å². The van der Waals surface area contributed by atoms with Crippen molar-refractivity contribution in [2.75, 3.05) is 18.8 Å². The monoisotopic (exact) mass is 226 g/mol. The summed E-state index contributed by atoms with van der Waals surface area (Å²) in [5.41, 5.74) is 1.18. The molecule has 1 aromatic heterocycles. The SMILES string of the molecule is C=C(CNCC)CSc1nnc(C)n1C. The Labute approximate surface area is 95.2 Å². The van der Waals surface area contributed by atoms with Crippen LogP contribution >= 0.6 is 11.8 Å². The first-order valence-corrected chi connectivity index (χ1v) is 5.99. The third kappa shape index (κ3) is 3.68. The molecule has 1 N–H and O–H groups in total. The van der Waals surface area contributed by atoms with E-state index in [4.69, 9.17) is 0 Å². The van der Waals surface area contributed by atoms with Crippen molar-refractivity contribution in [1.29, 1.82) is 0 Å². The van der Waals surface area contributed by atoms with Crippen molar-refractivity contribution < 1.29 is 0 Å². The van der Waals surface area contributed by atoms with E-state index in [0.717, 1.165) is 29.8 Å². The molecule has 15 heavy (non-hydrogen) atoms. The third-order valence-corrected chi connectivity index (χ3v) is 3.25. The van der Waals surface area contributed by atoms with Gasteiger partial charge in [-0.2, -0.15) is 0 Å². The van der Waals surface area contributed by atoms with Crippen molar-refractivity contribution in [3.05, 3.63) is 18.0 Å². The van der Waals surface area contributed by atoms with Crippen molar-refractivity contribution in [1.82, 2.24) is 20.1 Å². The summed E-state index contributed by atoms with van der Waals surface area (Å²) in [6.07, 6.45) is 0. The first-order valence-electron chi connectivity index (χ1n) is 5.01. The van der Waals surface area contributed by atoms with E-state index < -0.39 is 0 Å². The Morgan fingerprint density at radius 1 is 1.53 bits per heavy atom. The van der Waals surface area contributed by atoms with Gasteiger partial charge in [-0.15, -0.1) is 10.2 Å². The molecule has 0 saturated heterocycles. The summed E-state index contributed by atoms with van der Waals surface area (Å²) in [6.45, 7) is 9.90. The summed E-state index contributed by atoms with van der Waals surface area (Å²) in [5.74, 6) is 1.83. The molecule has 0 aliphatic rings. The van der Waals surface area contributed by atoms with Crippen LogP contribution in [0.15, 0.2) is 17.3 Å². The van der Waals surface area contributed by atoms with Gasteiger partial charge >= 0.3 is 0 Å². The van der Waals surface area contributed by atoms with Crippen LogP contribution in [0.2, 0.25) is 0 Å².